The third-order valence-electron chi connectivity index (χ3n) is 3.05. The van der Waals surface area contributed by atoms with Crippen LogP contribution >= 0.6 is 11.6 Å². The van der Waals surface area contributed by atoms with E-state index in [2.05, 4.69) is 0 Å². The molecule has 0 bridgehead atoms. The number of amides is 3. The van der Waals surface area contributed by atoms with Crippen molar-refractivity contribution in [2.45, 2.75) is 13.0 Å². The summed E-state index contributed by atoms with van der Waals surface area (Å²) >= 11 is 5.71. The molecule has 0 N–H and O–H groups in total. The van der Waals surface area contributed by atoms with Crippen LogP contribution in [0.2, 0.25) is 0 Å². The van der Waals surface area contributed by atoms with Gasteiger partial charge in [-0.3, -0.25) is 9.69 Å². The van der Waals surface area contributed by atoms with Gasteiger partial charge >= 0.3 is 6.03 Å². The van der Waals surface area contributed by atoms with Crippen LogP contribution in [0.1, 0.15) is 18.5 Å². The number of carbonyl (C=O) groups excluding carboxylic acids is 2. The minimum atomic E-state index is -0.530. The van der Waals surface area contributed by atoms with Crippen molar-refractivity contribution in [2.75, 3.05) is 19.0 Å². The van der Waals surface area contributed by atoms with Gasteiger partial charge in [0.25, 0.3) is 5.91 Å². The normalized spacial score (nSPS) is 19.8. The molecule has 1 aromatic rings. The highest BCUT2D eigenvalue weighted by Crippen LogP contribution is 2.30. The molecule has 1 aromatic carbocycles. The van der Waals surface area contributed by atoms with Crippen LogP contribution in [0.25, 0.3) is 0 Å². The minimum Gasteiger partial charge on any atom is -0.307 e. The summed E-state index contributed by atoms with van der Waals surface area (Å²) in [5, 5.41) is 0. The SMILES string of the molecule is CCN1C(=O)C(c2ccccc2)N(CCCl)C1=O. The predicted octanol–water partition coefficient (Wildman–Crippen LogP) is 2.25. The number of nitrogens with zero attached hydrogens (tertiary/aromatic N) is 2. The molecule has 1 unspecified atom stereocenters. The quantitative estimate of drug-likeness (QED) is 0.620. The highest BCUT2D eigenvalue weighted by molar-refractivity contribution is 6.18. The van der Waals surface area contributed by atoms with Gasteiger partial charge in [0.15, 0.2) is 0 Å². The van der Waals surface area contributed by atoms with E-state index in [1.165, 1.54) is 9.80 Å². The van der Waals surface area contributed by atoms with E-state index in [4.69, 9.17) is 11.6 Å². The first-order valence-electron chi connectivity index (χ1n) is 5.93. The number of rotatable bonds is 4. The Morgan fingerprint density at radius 1 is 1.22 bits per heavy atom. The third-order valence-corrected chi connectivity index (χ3v) is 3.21. The lowest BCUT2D eigenvalue weighted by Gasteiger charge is -2.20. The molecule has 5 heteroatoms. The summed E-state index contributed by atoms with van der Waals surface area (Å²) in [6.45, 7) is 2.56. The fraction of sp³-hybridized carbons (Fsp3) is 0.385. The van der Waals surface area contributed by atoms with E-state index < -0.39 is 6.04 Å². The van der Waals surface area contributed by atoms with E-state index in [-0.39, 0.29) is 11.9 Å². The summed E-state index contributed by atoms with van der Waals surface area (Å²) in [4.78, 5) is 27.1. The number of carbonyl (C=O) groups is 2. The molecule has 96 valence electrons. The van der Waals surface area contributed by atoms with Crippen LogP contribution in [0.3, 0.4) is 0 Å². The lowest BCUT2D eigenvalue weighted by Crippen LogP contribution is -2.34. The van der Waals surface area contributed by atoms with E-state index >= 15 is 0 Å². The molecule has 1 heterocycles. The zero-order chi connectivity index (χ0) is 13.1. The van der Waals surface area contributed by atoms with Crippen molar-refractivity contribution in [3.05, 3.63) is 35.9 Å². The van der Waals surface area contributed by atoms with Gasteiger partial charge in [0.1, 0.15) is 6.04 Å². The van der Waals surface area contributed by atoms with Gasteiger partial charge in [-0.05, 0) is 12.5 Å². The molecule has 0 aromatic heterocycles. The average Bonchev–Trinajstić information content (AvgIpc) is 2.62. The first-order valence-corrected chi connectivity index (χ1v) is 6.47. The lowest BCUT2D eigenvalue weighted by atomic mass is 10.1. The fourth-order valence-corrected chi connectivity index (χ4v) is 2.39. The van der Waals surface area contributed by atoms with Crippen molar-refractivity contribution in [3.63, 3.8) is 0 Å². The van der Waals surface area contributed by atoms with Gasteiger partial charge in [-0.15, -0.1) is 11.6 Å². The molecular formula is C13H15ClN2O2. The summed E-state index contributed by atoms with van der Waals surface area (Å²) in [5.41, 5.74) is 0.830. The van der Waals surface area contributed by atoms with Crippen LogP contribution in [0.4, 0.5) is 4.79 Å². The predicted molar refractivity (Wildman–Crippen MR) is 69.4 cm³/mol. The number of hydrogen-bond acceptors (Lipinski definition) is 2. The molecule has 1 aliphatic heterocycles. The van der Waals surface area contributed by atoms with E-state index in [1.807, 2.05) is 30.3 Å². The molecule has 0 radical (unpaired) electrons. The summed E-state index contributed by atoms with van der Waals surface area (Å²) in [6.07, 6.45) is 0. The monoisotopic (exact) mass is 266 g/mol. The molecule has 18 heavy (non-hydrogen) atoms. The molecule has 3 amide bonds. The van der Waals surface area contributed by atoms with Crippen molar-refractivity contribution in [2.24, 2.45) is 0 Å². The molecule has 1 aliphatic rings. The number of imide groups is 1. The highest BCUT2D eigenvalue weighted by Gasteiger charge is 2.44. The molecule has 0 saturated carbocycles. The Balaban J connectivity index is 2.37. The summed E-state index contributed by atoms with van der Waals surface area (Å²) in [6, 6.07) is 8.54. The number of urea groups is 1. The highest BCUT2D eigenvalue weighted by atomic mass is 35.5. The summed E-state index contributed by atoms with van der Waals surface area (Å²) in [5.74, 6) is 0.152. The Morgan fingerprint density at radius 3 is 2.44 bits per heavy atom. The molecule has 1 fully saturated rings. The fourth-order valence-electron chi connectivity index (χ4n) is 2.21. The number of benzene rings is 1. The van der Waals surface area contributed by atoms with Gasteiger partial charge in [-0.2, -0.15) is 0 Å². The van der Waals surface area contributed by atoms with Crippen molar-refractivity contribution in [3.8, 4) is 0 Å². The average molecular weight is 267 g/mol. The van der Waals surface area contributed by atoms with E-state index in [9.17, 15) is 9.59 Å². The first kappa shape index (κ1) is 12.9. The van der Waals surface area contributed by atoms with Crippen molar-refractivity contribution in [1.29, 1.82) is 0 Å². The van der Waals surface area contributed by atoms with Gasteiger partial charge in [0, 0.05) is 19.0 Å². The standard InChI is InChI=1S/C13H15ClN2O2/c1-2-15-12(17)11(10-6-4-3-5-7-10)16(9-8-14)13(15)18/h3-7,11H,2,8-9H2,1H3. The second-order valence-electron chi connectivity index (χ2n) is 4.06. The minimum absolute atomic E-state index is 0.168. The first-order chi connectivity index (χ1) is 8.70. The van der Waals surface area contributed by atoms with E-state index in [0.29, 0.717) is 19.0 Å². The Hall–Kier alpha value is -1.55. The van der Waals surface area contributed by atoms with Crippen LogP contribution in [-0.2, 0) is 4.79 Å². The van der Waals surface area contributed by atoms with Gasteiger partial charge in [-0.1, -0.05) is 30.3 Å². The van der Waals surface area contributed by atoms with Crippen molar-refractivity contribution >= 4 is 23.5 Å². The number of hydrogen-bond donors (Lipinski definition) is 0. The molecule has 4 nitrogen and oxygen atoms in total. The maximum Gasteiger partial charge on any atom is 0.327 e. The zero-order valence-electron chi connectivity index (χ0n) is 10.2. The third kappa shape index (κ3) is 2.08. The Kier molecular flexibility index (Phi) is 3.87. The Labute approximate surface area is 111 Å². The molecule has 1 saturated heterocycles. The van der Waals surface area contributed by atoms with Crippen molar-refractivity contribution < 1.29 is 9.59 Å². The maximum absolute atomic E-state index is 12.3. The van der Waals surface area contributed by atoms with Crippen LogP contribution in [0.5, 0.6) is 0 Å². The summed E-state index contributed by atoms with van der Waals surface area (Å²) < 4.78 is 0. The molecule has 0 spiro atoms. The Bertz CT molecular complexity index is 450. The molecule has 1 atom stereocenters. The molecule has 0 aliphatic carbocycles. The number of halogens is 1. The largest absolute Gasteiger partial charge is 0.327 e. The second kappa shape index (κ2) is 5.40. The molecular weight excluding hydrogens is 252 g/mol. The lowest BCUT2D eigenvalue weighted by molar-refractivity contribution is -0.128. The van der Waals surface area contributed by atoms with Crippen molar-refractivity contribution in [1.82, 2.24) is 9.80 Å². The van der Waals surface area contributed by atoms with Crippen LogP contribution in [0.15, 0.2) is 30.3 Å². The number of likely N-dealkylation sites (N-methyl/N-ethyl adjacent to an activating group) is 1. The van der Waals surface area contributed by atoms with Crippen LogP contribution in [0, 0.1) is 0 Å². The molecule has 2 rings (SSSR count). The van der Waals surface area contributed by atoms with Gasteiger partial charge < -0.3 is 4.90 Å². The topological polar surface area (TPSA) is 40.6 Å². The second-order valence-corrected chi connectivity index (χ2v) is 4.44. The van der Waals surface area contributed by atoms with E-state index in [1.54, 1.807) is 6.92 Å². The van der Waals surface area contributed by atoms with Crippen LogP contribution < -0.4 is 0 Å². The van der Waals surface area contributed by atoms with Gasteiger partial charge in [0.2, 0.25) is 0 Å². The Morgan fingerprint density at radius 2 is 1.89 bits per heavy atom. The zero-order valence-corrected chi connectivity index (χ0v) is 10.9. The number of alkyl halides is 1. The van der Waals surface area contributed by atoms with Gasteiger partial charge in [0.05, 0.1) is 0 Å². The maximum atomic E-state index is 12.3. The van der Waals surface area contributed by atoms with Crippen LogP contribution in [-0.4, -0.2) is 40.7 Å². The van der Waals surface area contributed by atoms with Gasteiger partial charge in [-0.25, -0.2) is 4.79 Å². The smallest absolute Gasteiger partial charge is 0.307 e. The van der Waals surface area contributed by atoms with E-state index in [0.717, 1.165) is 5.56 Å². The summed E-state index contributed by atoms with van der Waals surface area (Å²) in [7, 11) is 0.